The van der Waals surface area contributed by atoms with Gasteiger partial charge in [0.2, 0.25) is 5.91 Å². The molecule has 1 amide bonds. The number of carbonyl (C=O) groups excluding carboxylic acids is 1. The summed E-state index contributed by atoms with van der Waals surface area (Å²) in [6, 6.07) is 24.9. The fraction of sp³-hybridized carbons (Fsp3) is 0.412. The Morgan fingerprint density at radius 1 is 0.930 bits per heavy atom. The van der Waals surface area contributed by atoms with Crippen LogP contribution in [0.25, 0.3) is 0 Å². The number of amides is 1. The normalized spacial score (nSPS) is 20.0. The van der Waals surface area contributed by atoms with Crippen LogP contribution in [-0.4, -0.2) is 57.8 Å². The number of carboxylic acids is 1. The average molecular weight is 591 g/mol. The van der Waals surface area contributed by atoms with Crippen LogP contribution in [0.15, 0.2) is 78.9 Å². The minimum absolute atomic E-state index is 0.0261. The van der Waals surface area contributed by atoms with Crippen molar-refractivity contribution >= 4 is 11.9 Å². The van der Waals surface area contributed by atoms with Crippen molar-refractivity contribution in [1.29, 1.82) is 0 Å². The third-order valence-corrected chi connectivity index (χ3v) is 7.94. The lowest BCUT2D eigenvalue weighted by Gasteiger charge is -2.39. The standard InChI is InChI=1S/C34H42N2O7/c1-23(33(41)27-7-4-3-5-8-27)36(2)21-29-19-30(26-15-13-25(22-37)14-16-26)43-34(42-29)28-17-11-24(12-18-28)20-35-31(38)9-6-10-32(39)40/h3-5,7-8,11-18,23,29-30,33-34,37,41H,6,9-10,19-22H2,1-2H3,(H,35,38)(H,39,40)/t23-,29+,30-,33-,34-/m1/s1. The van der Waals surface area contributed by atoms with Crippen molar-refractivity contribution in [1.82, 2.24) is 10.2 Å². The van der Waals surface area contributed by atoms with Gasteiger partial charge in [0.1, 0.15) is 0 Å². The number of hydrogen-bond acceptors (Lipinski definition) is 7. The summed E-state index contributed by atoms with van der Waals surface area (Å²) in [7, 11) is 1.99. The highest BCUT2D eigenvalue weighted by molar-refractivity contribution is 5.76. The molecule has 4 rings (SSSR count). The van der Waals surface area contributed by atoms with E-state index in [1.54, 1.807) is 0 Å². The molecular weight excluding hydrogens is 548 g/mol. The first kappa shape index (κ1) is 32.3. The Labute approximate surface area is 253 Å². The number of hydrogen-bond donors (Lipinski definition) is 4. The number of nitrogens with one attached hydrogen (secondary N) is 1. The van der Waals surface area contributed by atoms with Crippen molar-refractivity contribution in [3.8, 4) is 0 Å². The lowest BCUT2D eigenvalue weighted by molar-refractivity contribution is -0.253. The zero-order valence-corrected chi connectivity index (χ0v) is 24.8. The highest BCUT2D eigenvalue weighted by Crippen LogP contribution is 2.38. The second-order valence-electron chi connectivity index (χ2n) is 11.2. The quantitative estimate of drug-likeness (QED) is 0.214. The molecule has 0 bridgehead atoms. The van der Waals surface area contributed by atoms with Crippen molar-refractivity contribution in [2.45, 2.75) is 76.4 Å². The summed E-state index contributed by atoms with van der Waals surface area (Å²) in [5, 5.41) is 32.0. The summed E-state index contributed by atoms with van der Waals surface area (Å²) in [5.41, 5.74) is 4.45. The smallest absolute Gasteiger partial charge is 0.303 e. The summed E-state index contributed by atoms with van der Waals surface area (Å²) in [6.07, 6.45) is -0.603. The monoisotopic (exact) mass is 590 g/mol. The molecule has 0 aromatic heterocycles. The molecule has 0 spiro atoms. The van der Waals surface area contributed by atoms with E-state index in [-0.39, 0.29) is 43.6 Å². The number of benzene rings is 3. The Morgan fingerprint density at radius 2 is 1.58 bits per heavy atom. The number of rotatable bonds is 14. The van der Waals surface area contributed by atoms with Crippen molar-refractivity contribution in [3.05, 3.63) is 107 Å². The number of carbonyl (C=O) groups is 2. The van der Waals surface area contributed by atoms with Gasteiger partial charge in [-0.3, -0.25) is 14.5 Å². The Kier molecular flexibility index (Phi) is 11.8. The van der Waals surface area contributed by atoms with Crippen LogP contribution in [0.1, 0.15) is 78.9 Å². The van der Waals surface area contributed by atoms with E-state index >= 15 is 0 Å². The van der Waals surface area contributed by atoms with Crippen molar-refractivity contribution < 1.29 is 34.4 Å². The zero-order chi connectivity index (χ0) is 30.8. The van der Waals surface area contributed by atoms with Crippen molar-refractivity contribution in [2.24, 2.45) is 0 Å². The third kappa shape index (κ3) is 9.44. The van der Waals surface area contributed by atoms with Crippen LogP contribution in [0.3, 0.4) is 0 Å². The summed E-state index contributed by atoms with van der Waals surface area (Å²) < 4.78 is 12.9. The Balaban J connectivity index is 1.43. The summed E-state index contributed by atoms with van der Waals surface area (Å²) in [5.74, 6) is -1.09. The fourth-order valence-electron chi connectivity index (χ4n) is 5.17. The summed E-state index contributed by atoms with van der Waals surface area (Å²) in [4.78, 5) is 24.8. The molecule has 3 aromatic carbocycles. The molecule has 5 atom stereocenters. The lowest BCUT2D eigenvalue weighted by Crippen LogP contribution is -2.43. The van der Waals surface area contributed by atoms with Gasteiger partial charge in [-0.25, -0.2) is 0 Å². The van der Waals surface area contributed by atoms with Gasteiger partial charge in [-0.1, -0.05) is 78.9 Å². The molecule has 1 aliphatic rings. The molecule has 0 unspecified atom stereocenters. The lowest BCUT2D eigenvalue weighted by atomic mass is 9.98. The SMILES string of the molecule is C[C@H]([C@@H](O)c1ccccc1)N(C)C[C@@H]1C[C@H](c2ccc(CO)cc2)O[C@H](c2ccc(CNC(=O)CCCC(=O)O)cc2)O1. The minimum atomic E-state index is -0.909. The summed E-state index contributed by atoms with van der Waals surface area (Å²) >= 11 is 0. The molecule has 0 aliphatic carbocycles. The Bertz CT molecular complexity index is 1300. The molecule has 1 heterocycles. The van der Waals surface area contributed by atoms with Gasteiger partial charge in [0.05, 0.1) is 24.9 Å². The number of aliphatic hydroxyl groups is 2. The van der Waals surface area contributed by atoms with Crippen LogP contribution in [0.4, 0.5) is 0 Å². The predicted molar refractivity (Wildman–Crippen MR) is 162 cm³/mol. The molecule has 3 aromatic rings. The largest absolute Gasteiger partial charge is 0.481 e. The zero-order valence-electron chi connectivity index (χ0n) is 24.8. The van der Waals surface area contributed by atoms with Gasteiger partial charge >= 0.3 is 5.97 Å². The van der Waals surface area contributed by atoms with E-state index in [0.717, 1.165) is 27.8 Å². The molecule has 9 heteroatoms. The van der Waals surface area contributed by atoms with E-state index in [4.69, 9.17) is 14.6 Å². The van der Waals surface area contributed by atoms with E-state index in [2.05, 4.69) is 10.2 Å². The van der Waals surface area contributed by atoms with Crippen LogP contribution < -0.4 is 5.32 Å². The van der Waals surface area contributed by atoms with Crippen LogP contribution >= 0.6 is 0 Å². The van der Waals surface area contributed by atoms with Gasteiger partial charge in [0.25, 0.3) is 0 Å². The van der Waals surface area contributed by atoms with E-state index < -0.39 is 18.4 Å². The summed E-state index contributed by atoms with van der Waals surface area (Å²) in [6.45, 7) is 2.90. The van der Waals surface area contributed by atoms with Crippen molar-refractivity contribution in [2.75, 3.05) is 13.6 Å². The number of likely N-dealkylation sites (N-methyl/N-ethyl adjacent to an activating group) is 1. The molecule has 1 fully saturated rings. The van der Waals surface area contributed by atoms with Gasteiger partial charge in [0.15, 0.2) is 6.29 Å². The Morgan fingerprint density at radius 3 is 2.23 bits per heavy atom. The maximum absolute atomic E-state index is 12.0. The first-order valence-electron chi connectivity index (χ1n) is 14.7. The average Bonchev–Trinajstić information content (AvgIpc) is 3.03. The Hall–Kier alpha value is -3.60. The van der Waals surface area contributed by atoms with Gasteiger partial charge < -0.3 is 30.1 Å². The fourth-order valence-corrected chi connectivity index (χ4v) is 5.17. The number of carboxylic acid groups (broad SMARTS) is 1. The van der Waals surface area contributed by atoms with E-state index in [0.29, 0.717) is 25.9 Å². The topological polar surface area (TPSA) is 129 Å². The highest BCUT2D eigenvalue weighted by atomic mass is 16.7. The molecular formula is C34H42N2O7. The predicted octanol–water partition coefficient (Wildman–Crippen LogP) is 4.65. The van der Waals surface area contributed by atoms with Gasteiger partial charge in [-0.05, 0) is 42.6 Å². The first-order chi connectivity index (χ1) is 20.7. The van der Waals surface area contributed by atoms with Crippen LogP contribution in [0.2, 0.25) is 0 Å². The van der Waals surface area contributed by atoms with E-state index in [1.165, 1.54) is 0 Å². The molecule has 1 saturated heterocycles. The minimum Gasteiger partial charge on any atom is -0.481 e. The van der Waals surface area contributed by atoms with Gasteiger partial charge in [0, 0.05) is 44.0 Å². The third-order valence-electron chi connectivity index (χ3n) is 7.94. The van der Waals surface area contributed by atoms with Gasteiger partial charge in [-0.15, -0.1) is 0 Å². The number of aliphatic carboxylic acids is 1. The molecule has 43 heavy (non-hydrogen) atoms. The molecule has 9 nitrogen and oxygen atoms in total. The number of nitrogens with zero attached hydrogens (tertiary/aromatic N) is 1. The molecule has 4 N–H and O–H groups in total. The number of ether oxygens (including phenoxy) is 2. The van der Waals surface area contributed by atoms with Crippen LogP contribution in [-0.2, 0) is 32.2 Å². The van der Waals surface area contributed by atoms with E-state index in [9.17, 15) is 19.8 Å². The molecule has 0 radical (unpaired) electrons. The second kappa shape index (κ2) is 15.7. The van der Waals surface area contributed by atoms with Gasteiger partial charge in [-0.2, -0.15) is 0 Å². The second-order valence-corrected chi connectivity index (χ2v) is 11.2. The van der Waals surface area contributed by atoms with Crippen molar-refractivity contribution in [3.63, 3.8) is 0 Å². The highest BCUT2D eigenvalue weighted by Gasteiger charge is 2.34. The van der Waals surface area contributed by atoms with Crippen LogP contribution in [0.5, 0.6) is 0 Å². The maximum Gasteiger partial charge on any atom is 0.303 e. The number of aliphatic hydroxyl groups excluding tert-OH is 2. The van der Waals surface area contributed by atoms with E-state index in [1.807, 2.05) is 92.8 Å². The maximum atomic E-state index is 12.0. The molecule has 230 valence electrons. The first-order valence-corrected chi connectivity index (χ1v) is 14.7. The molecule has 0 saturated carbocycles. The van der Waals surface area contributed by atoms with Crippen LogP contribution in [0, 0.1) is 0 Å². The molecule has 1 aliphatic heterocycles.